The molecule has 0 saturated heterocycles. The maximum absolute atomic E-state index is 13.8. The van der Waals surface area contributed by atoms with Gasteiger partial charge in [0.1, 0.15) is 11.6 Å². The molecule has 1 aliphatic rings. The summed E-state index contributed by atoms with van der Waals surface area (Å²) in [6.07, 6.45) is 3.85. The second kappa shape index (κ2) is 10.0. The first-order chi connectivity index (χ1) is 18.7. The number of anilines is 1. The van der Waals surface area contributed by atoms with Crippen molar-refractivity contribution in [1.29, 1.82) is 0 Å². The van der Waals surface area contributed by atoms with Gasteiger partial charge < -0.3 is 5.11 Å². The predicted octanol–water partition coefficient (Wildman–Crippen LogP) is 6.02. The minimum absolute atomic E-state index is 0.110. The molecule has 3 aromatic carbocycles. The van der Waals surface area contributed by atoms with Crippen LogP contribution in [0.25, 0.3) is 16.9 Å². The van der Waals surface area contributed by atoms with Gasteiger partial charge in [0.05, 0.1) is 23.1 Å². The van der Waals surface area contributed by atoms with Gasteiger partial charge in [-0.2, -0.15) is 10.2 Å². The summed E-state index contributed by atoms with van der Waals surface area (Å²) in [6.45, 7) is 0. The van der Waals surface area contributed by atoms with E-state index in [1.165, 1.54) is 5.01 Å². The highest BCUT2D eigenvalue weighted by atomic mass is 16.3. The van der Waals surface area contributed by atoms with Crippen molar-refractivity contribution >= 4 is 17.6 Å². The molecule has 0 bridgehead atoms. The number of aromatic nitrogens is 3. The third-order valence-electron chi connectivity index (χ3n) is 6.42. The van der Waals surface area contributed by atoms with E-state index in [0.717, 1.165) is 22.5 Å². The number of para-hydroxylation sites is 2. The average molecular weight is 501 g/mol. The van der Waals surface area contributed by atoms with Crippen LogP contribution in [0.3, 0.4) is 0 Å². The second-order valence-corrected chi connectivity index (χ2v) is 8.87. The molecule has 0 radical (unpaired) electrons. The predicted molar refractivity (Wildman–Crippen MR) is 146 cm³/mol. The van der Waals surface area contributed by atoms with E-state index in [9.17, 15) is 9.90 Å². The Kier molecular flexibility index (Phi) is 6.11. The molecule has 2 amide bonds. The van der Waals surface area contributed by atoms with E-state index in [4.69, 9.17) is 5.10 Å². The van der Waals surface area contributed by atoms with Gasteiger partial charge in [0, 0.05) is 41.6 Å². The Morgan fingerprint density at radius 1 is 0.868 bits per heavy atom. The Balaban J connectivity index is 1.38. The van der Waals surface area contributed by atoms with Crippen molar-refractivity contribution in [3.05, 3.63) is 127 Å². The molecule has 6 rings (SSSR count). The fourth-order valence-electron chi connectivity index (χ4n) is 4.57. The van der Waals surface area contributed by atoms with Crippen molar-refractivity contribution in [1.82, 2.24) is 19.8 Å². The number of hydrazone groups is 1. The van der Waals surface area contributed by atoms with Gasteiger partial charge in [0.15, 0.2) is 0 Å². The molecule has 2 aromatic heterocycles. The Bertz CT molecular complexity index is 1600. The normalized spacial score (nSPS) is 14.8. The van der Waals surface area contributed by atoms with Crippen LogP contribution in [-0.2, 0) is 0 Å². The number of hydrogen-bond donors (Lipinski definition) is 2. The number of phenolic OH excluding ortho intramolecular Hbond substituents is 1. The van der Waals surface area contributed by atoms with Crippen LogP contribution in [0.4, 0.5) is 10.6 Å². The summed E-state index contributed by atoms with van der Waals surface area (Å²) in [5.74, 6) is 0.611. The van der Waals surface area contributed by atoms with Gasteiger partial charge in [-0.1, -0.05) is 72.8 Å². The molecule has 0 saturated carbocycles. The fraction of sp³-hybridized carbons (Fsp3) is 0.0667. The van der Waals surface area contributed by atoms with Crippen LogP contribution in [0.5, 0.6) is 5.75 Å². The van der Waals surface area contributed by atoms with Crippen LogP contribution in [-0.4, -0.2) is 36.6 Å². The zero-order valence-corrected chi connectivity index (χ0v) is 20.3. The molecular weight excluding hydrogens is 476 g/mol. The molecule has 2 N–H and O–H groups in total. The number of phenols is 1. The van der Waals surface area contributed by atoms with E-state index in [2.05, 4.69) is 15.4 Å². The molecule has 1 aliphatic heterocycles. The molecule has 1 unspecified atom stereocenters. The summed E-state index contributed by atoms with van der Waals surface area (Å²) in [6, 6.07) is 31.1. The van der Waals surface area contributed by atoms with Crippen LogP contribution in [0.1, 0.15) is 23.6 Å². The third-order valence-corrected chi connectivity index (χ3v) is 6.42. The van der Waals surface area contributed by atoms with Crippen LogP contribution in [0.2, 0.25) is 0 Å². The third kappa shape index (κ3) is 4.51. The molecule has 1 atom stereocenters. The number of carbonyl (C=O) groups is 1. The summed E-state index contributed by atoms with van der Waals surface area (Å²) in [5.41, 5.74) is 4.62. The number of hydrogen-bond acceptors (Lipinski definition) is 5. The number of benzene rings is 3. The molecular formula is C30H24N6O2. The van der Waals surface area contributed by atoms with Gasteiger partial charge in [-0.05, 0) is 24.3 Å². The van der Waals surface area contributed by atoms with Crippen LogP contribution in [0, 0.1) is 0 Å². The number of carbonyl (C=O) groups excluding carboxylic acids is 1. The standard InChI is InChI=1S/C30H24N6O2/c37-28-16-8-7-15-24(28)27-18-25(22-12-9-17-31-20-22)34-36(27)30(38)32-29-19-26(21-10-3-1-4-11-21)33-35(29)23-13-5-2-6-14-23/h1-17,19-20,27,37H,18H2,(H,32,38). The SMILES string of the molecule is O=C(Nc1cc(-c2ccccc2)nn1-c1ccccc1)N1N=C(c2cccnc2)CC1c1ccccc1O. The monoisotopic (exact) mass is 500 g/mol. The first-order valence-corrected chi connectivity index (χ1v) is 12.2. The first-order valence-electron chi connectivity index (χ1n) is 12.2. The van der Waals surface area contributed by atoms with E-state index >= 15 is 0 Å². The molecule has 38 heavy (non-hydrogen) atoms. The quantitative estimate of drug-likeness (QED) is 0.308. The molecule has 0 fully saturated rings. The number of urea groups is 1. The molecule has 0 aliphatic carbocycles. The number of pyridine rings is 1. The van der Waals surface area contributed by atoms with Crippen LogP contribution < -0.4 is 5.32 Å². The minimum Gasteiger partial charge on any atom is -0.508 e. The lowest BCUT2D eigenvalue weighted by Crippen LogP contribution is -2.32. The van der Waals surface area contributed by atoms with Crippen molar-refractivity contribution in [2.75, 3.05) is 5.32 Å². The fourth-order valence-corrected chi connectivity index (χ4v) is 4.57. The van der Waals surface area contributed by atoms with Crippen molar-refractivity contribution in [2.24, 2.45) is 5.10 Å². The zero-order valence-electron chi connectivity index (χ0n) is 20.3. The number of nitrogens with one attached hydrogen (secondary N) is 1. The molecule has 5 aromatic rings. The number of nitrogens with zero attached hydrogens (tertiary/aromatic N) is 5. The average Bonchev–Trinajstić information content (AvgIpc) is 3.60. The van der Waals surface area contributed by atoms with Crippen molar-refractivity contribution in [3.63, 3.8) is 0 Å². The van der Waals surface area contributed by atoms with Crippen LogP contribution in [0.15, 0.2) is 121 Å². The maximum atomic E-state index is 13.8. The highest BCUT2D eigenvalue weighted by molar-refractivity contribution is 6.04. The van der Waals surface area contributed by atoms with E-state index in [-0.39, 0.29) is 5.75 Å². The Hall–Kier alpha value is -5.24. The Labute approximate surface area is 219 Å². The lowest BCUT2D eigenvalue weighted by atomic mass is 9.98. The van der Waals surface area contributed by atoms with E-state index < -0.39 is 12.1 Å². The van der Waals surface area contributed by atoms with Crippen molar-refractivity contribution in [2.45, 2.75) is 12.5 Å². The summed E-state index contributed by atoms with van der Waals surface area (Å²) in [4.78, 5) is 18.0. The summed E-state index contributed by atoms with van der Waals surface area (Å²) < 4.78 is 1.71. The molecule has 0 spiro atoms. The van der Waals surface area contributed by atoms with Crippen molar-refractivity contribution < 1.29 is 9.90 Å². The first kappa shape index (κ1) is 23.2. The topological polar surface area (TPSA) is 95.6 Å². The zero-order chi connectivity index (χ0) is 25.9. The van der Waals surface area contributed by atoms with Crippen molar-refractivity contribution in [3.8, 4) is 22.7 Å². The van der Waals surface area contributed by atoms with Gasteiger partial charge >= 0.3 is 6.03 Å². The number of amides is 2. The maximum Gasteiger partial charge on any atom is 0.344 e. The molecule has 8 heteroatoms. The Morgan fingerprint density at radius 2 is 1.58 bits per heavy atom. The molecule has 3 heterocycles. The van der Waals surface area contributed by atoms with Gasteiger partial charge in [-0.25, -0.2) is 14.5 Å². The second-order valence-electron chi connectivity index (χ2n) is 8.87. The Morgan fingerprint density at radius 3 is 2.32 bits per heavy atom. The van der Waals surface area contributed by atoms with Gasteiger partial charge in [0.25, 0.3) is 0 Å². The minimum atomic E-state index is -0.493. The summed E-state index contributed by atoms with van der Waals surface area (Å²) in [7, 11) is 0. The number of aromatic hydroxyl groups is 1. The van der Waals surface area contributed by atoms with E-state index in [1.54, 1.807) is 29.2 Å². The van der Waals surface area contributed by atoms with E-state index in [0.29, 0.717) is 23.5 Å². The highest BCUT2D eigenvalue weighted by Crippen LogP contribution is 2.37. The molecule has 186 valence electrons. The largest absolute Gasteiger partial charge is 0.508 e. The van der Waals surface area contributed by atoms with Gasteiger partial charge in [-0.3, -0.25) is 10.3 Å². The van der Waals surface area contributed by atoms with Gasteiger partial charge in [-0.15, -0.1) is 0 Å². The molecule has 8 nitrogen and oxygen atoms in total. The highest BCUT2D eigenvalue weighted by Gasteiger charge is 2.35. The summed E-state index contributed by atoms with van der Waals surface area (Å²) >= 11 is 0. The van der Waals surface area contributed by atoms with Crippen LogP contribution >= 0.6 is 0 Å². The lowest BCUT2D eigenvalue weighted by Gasteiger charge is -2.23. The van der Waals surface area contributed by atoms with Gasteiger partial charge in [0.2, 0.25) is 0 Å². The smallest absolute Gasteiger partial charge is 0.344 e. The van der Waals surface area contributed by atoms with E-state index in [1.807, 2.05) is 91.0 Å². The summed E-state index contributed by atoms with van der Waals surface area (Å²) in [5, 5.41) is 24.5. The number of rotatable bonds is 5. The lowest BCUT2D eigenvalue weighted by molar-refractivity contribution is 0.199.